The molecule has 0 saturated carbocycles. The van der Waals surface area contributed by atoms with E-state index in [4.69, 9.17) is 0 Å². The zero-order valence-corrected chi connectivity index (χ0v) is 15.1. The summed E-state index contributed by atoms with van der Waals surface area (Å²) >= 11 is 0. The minimum atomic E-state index is -4.83. The van der Waals surface area contributed by atoms with Gasteiger partial charge in [-0.05, 0) is 19.1 Å². The third kappa shape index (κ3) is 4.44. The van der Waals surface area contributed by atoms with E-state index in [1.807, 2.05) is 0 Å². The Kier molecular flexibility index (Phi) is 5.66. The Balaban J connectivity index is 1.80. The maximum Gasteiger partial charge on any atom is 0.434 e. The lowest BCUT2D eigenvalue weighted by atomic mass is 10.2. The summed E-state index contributed by atoms with van der Waals surface area (Å²) in [6, 6.07) is 6.18. The van der Waals surface area contributed by atoms with Gasteiger partial charge < -0.3 is 5.32 Å². The number of benzene rings is 1. The Labute approximate surface area is 162 Å². The van der Waals surface area contributed by atoms with Crippen LogP contribution in [0.2, 0.25) is 0 Å². The van der Waals surface area contributed by atoms with Crippen molar-refractivity contribution in [3.05, 3.63) is 65.5 Å². The number of aryl methyl sites for hydroxylation is 1. The fourth-order valence-electron chi connectivity index (χ4n) is 2.77. The average Bonchev–Trinajstić information content (AvgIpc) is 3.29. The molecule has 0 spiro atoms. The molecule has 29 heavy (non-hydrogen) atoms. The Bertz CT molecular complexity index is 991. The van der Waals surface area contributed by atoms with Crippen molar-refractivity contribution in [3.63, 3.8) is 0 Å². The maximum atomic E-state index is 13.6. The van der Waals surface area contributed by atoms with Gasteiger partial charge in [0.15, 0.2) is 5.69 Å². The fraction of sp³-hybridized carbons (Fsp3) is 0.278. The van der Waals surface area contributed by atoms with Crippen LogP contribution in [0.4, 0.5) is 22.0 Å². The first-order valence-corrected chi connectivity index (χ1v) is 8.49. The standard InChI is InChI=1S/C18H16F5N5O/c1-11-2-4-12(5-3-11)28-15(18(21,22)23)13(10-26-28)16(29)25-7-6-14-24-8-9-27(14)17(19)20/h2-5,8-10,17H,6-7H2,1H3,(H,25,29). The van der Waals surface area contributed by atoms with E-state index in [-0.39, 0.29) is 24.5 Å². The largest absolute Gasteiger partial charge is 0.434 e. The molecule has 2 aromatic heterocycles. The SMILES string of the molecule is Cc1ccc(-n2ncc(C(=O)NCCc3nccn3C(F)F)c2C(F)(F)F)cc1. The van der Waals surface area contributed by atoms with E-state index in [0.29, 0.717) is 9.25 Å². The summed E-state index contributed by atoms with van der Waals surface area (Å²) in [5.41, 5.74) is -0.862. The van der Waals surface area contributed by atoms with Crippen molar-refractivity contribution in [1.82, 2.24) is 24.6 Å². The topological polar surface area (TPSA) is 64.7 Å². The molecule has 2 heterocycles. The van der Waals surface area contributed by atoms with Crippen molar-refractivity contribution < 1.29 is 26.7 Å². The van der Waals surface area contributed by atoms with E-state index in [1.165, 1.54) is 18.3 Å². The van der Waals surface area contributed by atoms with Crippen LogP contribution in [0.1, 0.15) is 34.0 Å². The zero-order valence-electron chi connectivity index (χ0n) is 15.1. The van der Waals surface area contributed by atoms with E-state index in [1.54, 1.807) is 19.1 Å². The van der Waals surface area contributed by atoms with Gasteiger partial charge in [0.25, 0.3) is 5.91 Å². The van der Waals surface area contributed by atoms with Gasteiger partial charge >= 0.3 is 12.7 Å². The Hall–Kier alpha value is -3.24. The number of nitrogens with zero attached hydrogens (tertiary/aromatic N) is 4. The van der Waals surface area contributed by atoms with Gasteiger partial charge in [-0.25, -0.2) is 9.67 Å². The first kappa shape index (κ1) is 20.5. The summed E-state index contributed by atoms with van der Waals surface area (Å²) in [7, 11) is 0. The lowest BCUT2D eigenvalue weighted by Gasteiger charge is -2.13. The highest BCUT2D eigenvalue weighted by Gasteiger charge is 2.40. The van der Waals surface area contributed by atoms with Gasteiger partial charge in [0.2, 0.25) is 0 Å². The highest BCUT2D eigenvalue weighted by Crippen LogP contribution is 2.33. The fourth-order valence-corrected chi connectivity index (χ4v) is 2.77. The second-order valence-electron chi connectivity index (χ2n) is 6.19. The van der Waals surface area contributed by atoms with Gasteiger partial charge in [0.1, 0.15) is 5.82 Å². The molecule has 0 unspecified atom stereocenters. The molecule has 6 nitrogen and oxygen atoms in total. The lowest BCUT2D eigenvalue weighted by molar-refractivity contribution is -0.143. The predicted molar refractivity (Wildman–Crippen MR) is 92.8 cm³/mol. The van der Waals surface area contributed by atoms with Crippen LogP contribution in [-0.4, -0.2) is 31.8 Å². The highest BCUT2D eigenvalue weighted by atomic mass is 19.4. The van der Waals surface area contributed by atoms with Gasteiger partial charge in [0, 0.05) is 25.4 Å². The molecule has 1 aromatic carbocycles. The Morgan fingerprint density at radius 2 is 1.90 bits per heavy atom. The number of hydrogen-bond donors (Lipinski definition) is 1. The molecule has 0 fully saturated rings. The summed E-state index contributed by atoms with van der Waals surface area (Å²) in [5, 5.41) is 6.02. The zero-order chi connectivity index (χ0) is 21.2. The number of alkyl halides is 5. The molecule has 11 heteroatoms. The lowest BCUT2D eigenvalue weighted by Crippen LogP contribution is -2.29. The van der Waals surface area contributed by atoms with E-state index >= 15 is 0 Å². The number of carbonyl (C=O) groups excluding carboxylic acids is 1. The second kappa shape index (κ2) is 8.02. The van der Waals surface area contributed by atoms with Crippen molar-refractivity contribution in [2.45, 2.75) is 26.1 Å². The predicted octanol–water partition coefficient (Wildman–Crippen LogP) is 3.76. The van der Waals surface area contributed by atoms with Gasteiger partial charge in [-0.1, -0.05) is 17.7 Å². The number of amides is 1. The number of carbonyl (C=O) groups is 1. The summed E-state index contributed by atoms with van der Waals surface area (Å²) in [6.07, 6.45) is -1.82. The van der Waals surface area contributed by atoms with Crippen LogP contribution >= 0.6 is 0 Å². The maximum absolute atomic E-state index is 13.6. The first-order valence-electron chi connectivity index (χ1n) is 8.49. The summed E-state index contributed by atoms with van der Waals surface area (Å²) in [5.74, 6) is -1.00. The molecule has 0 atom stereocenters. The molecule has 154 valence electrons. The van der Waals surface area contributed by atoms with Crippen LogP contribution in [0.15, 0.2) is 42.9 Å². The monoisotopic (exact) mass is 413 g/mol. The van der Waals surface area contributed by atoms with Gasteiger partial charge in [-0.2, -0.15) is 27.1 Å². The second-order valence-corrected chi connectivity index (χ2v) is 6.19. The molecule has 0 aliphatic heterocycles. The van der Waals surface area contributed by atoms with Crippen molar-refractivity contribution in [2.24, 2.45) is 0 Å². The number of nitrogens with one attached hydrogen (secondary N) is 1. The molecule has 0 aliphatic rings. The summed E-state index contributed by atoms with van der Waals surface area (Å²) in [4.78, 5) is 16.1. The van der Waals surface area contributed by atoms with Crippen LogP contribution in [0.5, 0.6) is 0 Å². The van der Waals surface area contributed by atoms with E-state index < -0.39 is 29.9 Å². The Morgan fingerprint density at radius 3 is 2.52 bits per heavy atom. The molecule has 3 rings (SSSR count). The van der Waals surface area contributed by atoms with Crippen LogP contribution in [0.3, 0.4) is 0 Å². The number of rotatable bonds is 6. The summed E-state index contributed by atoms with van der Waals surface area (Å²) in [6.45, 7) is -1.18. The van der Waals surface area contributed by atoms with Gasteiger partial charge in [-0.3, -0.25) is 9.36 Å². The molecular weight excluding hydrogens is 397 g/mol. The number of aromatic nitrogens is 4. The molecule has 0 radical (unpaired) electrons. The minimum absolute atomic E-state index is 0.00620. The molecule has 1 N–H and O–H groups in total. The van der Waals surface area contributed by atoms with E-state index in [2.05, 4.69) is 15.4 Å². The smallest absolute Gasteiger partial charge is 0.351 e. The van der Waals surface area contributed by atoms with Crippen LogP contribution in [0, 0.1) is 6.92 Å². The van der Waals surface area contributed by atoms with Crippen molar-refractivity contribution in [3.8, 4) is 5.69 Å². The summed E-state index contributed by atoms with van der Waals surface area (Å²) < 4.78 is 67.7. The molecule has 1 amide bonds. The molecule has 0 bridgehead atoms. The molecular formula is C18H16F5N5O. The van der Waals surface area contributed by atoms with E-state index in [9.17, 15) is 26.7 Å². The third-order valence-electron chi connectivity index (χ3n) is 4.15. The van der Waals surface area contributed by atoms with Crippen molar-refractivity contribution >= 4 is 5.91 Å². The third-order valence-corrected chi connectivity index (χ3v) is 4.15. The van der Waals surface area contributed by atoms with Crippen LogP contribution < -0.4 is 5.32 Å². The molecule has 0 aliphatic carbocycles. The van der Waals surface area contributed by atoms with Crippen LogP contribution in [-0.2, 0) is 12.6 Å². The first-order chi connectivity index (χ1) is 13.7. The number of hydrogen-bond acceptors (Lipinski definition) is 3. The number of halogens is 5. The van der Waals surface area contributed by atoms with Gasteiger partial charge in [0.05, 0.1) is 17.4 Å². The highest BCUT2D eigenvalue weighted by molar-refractivity contribution is 5.95. The minimum Gasteiger partial charge on any atom is -0.351 e. The number of imidazole rings is 1. The molecule has 0 saturated heterocycles. The van der Waals surface area contributed by atoms with Crippen molar-refractivity contribution in [1.29, 1.82) is 0 Å². The van der Waals surface area contributed by atoms with Crippen molar-refractivity contribution in [2.75, 3.05) is 6.54 Å². The van der Waals surface area contributed by atoms with Gasteiger partial charge in [-0.15, -0.1) is 0 Å². The Morgan fingerprint density at radius 1 is 1.21 bits per heavy atom. The quantitative estimate of drug-likeness (QED) is 0.626. The molecule has 3 aromatic rings. The van der Waals surface area contributed by atoms with Crippen LogP contribution in [0.25, 0.3) is 5.69 Å². The van der Waals surface area contributed by atoms with E-state index in [0.717, 1.165) is 18.0 Å². The average molecular weight is 413 g/mol. The normalized spacial score (nSPS) is 11.8.